The number of ether oxygens (including phenoxy) is 1. The summed E-state index contributed by atoms with van der Waals surface area (Å²) in [4.78, 5) is 0. The highest BCUT2D eigenvalue weighted by atomic mass is 79.9. The number of halogens is 1. The minimum atomic E-state index is 0.731. The van der Waals surface area contributed by atoms with Crippen LogP contribution in [0, 0.1) is 0 Å². The zero-order chi connectivity index (χ0) is 12.5. The monoisotopic (exact) mass is 299 g/mol. The summed E-state index contributed by atoms with van der Waals surface area (Å²) < 4.78 is 6.77. The molecule has 0 atom stereocenters. The van der Waals surface area contributed by atoms with Crippen molar-refractivity contribution in [2.75, 3.05) is 20.2 Å². The number of nitrogens with one attached hydrogen (secondary N) is 1. The Morgan fingerprint density at radius 1 is 1.24 bits per heavy atom. The van der Waals surface area contributed by atoms with Crippen LogP contribution < -0.4 is 10.1 Å². The maximum Gasteiger partial charge on any atom is 0.122 e. The topological polar surface area (TPSA) is 21.3 Å². The van der Waals surface area contributed by atoms with Gasteiger partial charge in [0.25, 0.3) is 0 Å². The van der Waals surface area contributed by atoms with Crippen LogP contribution in [-0.2, 0) is 6.42 Å². The van der Waals surface area contributed by atoms with Gasteiger partial charge in [0.1, 0.15) is 5.75 Å². The van der Waals surface area contributed by atoms with E-state index in [2.05, 4.69) is 33.4 Å². The fourth-order valence-corrected chi connectivity index (χ4v) is 2.24. The quantitative estimate of drug-likeness (QED) is 0.738. The summed E-state index contributed by atoms with van der Waals surface area (Å²) in [6, 6.07) is 6.26. The number of hydrogen-bond acceptors (Lipinski definition) is 2. The predicted molar refractivity (Wildman–Crippen MR) is 76.8 cm³/mol. The Morgan fingerprint density at radius 2 is 2.06 bits per heavy atom. The smallest absolute Gasteiger partial charge is 0.122 e. The molecule has 96 valence electrons. The van der Waals surface area contributed by atoms with E-state index in [-0.39, 0.29) is 0 Å². The van der Waals surface area contributed by atoms with Crippen molar-refractivity contribution in [1.29, 1.82) is 0 Å². The maximum absolute atomic E-state index is 5.64. The lowest BCUT2D eigenvalue weighted by Crippen LogP contribution is -2.07. The molecule has 0 amide bonds. The van der Waals surface area contributed by atoms with E-state index < -0.39 is 0 Å². The van der Waals surface area contributed by atoms with Crippen LogP contribution in [-0.4, -0.2) is 20.2 Å². The standard InChI is InChI=1S/C14H22BrNO/c1-3-17-14-9-8-13(15)11-12(14)7-5-4-6-10-16-2/h8-9,11,16H,3-7,10H2,1-2H3. The first-order chi connectivity index (χ1) is 8.27. The van der Waals surface area contributed by atoms with Crippen molar-refractivity contribution in [3.8, 4) is 5.75 Å². The van der Waals surface area contributed by atoms with E-state index >= 15 is 0 Å². The molecule has 2 nitrogen and oxygen atoms in total. The molecule has 0 bridgehead atoms. The van der Waals surface area contributed by atoms with Crippen molar-refractivity contribution >= 4 is 15.9 Å². The summed E-state index contributed by atoms with van der Waals surface area (Å²) in [6.45, 7) is 3.87. The van der Waals surface area contributed by atoms with Crippen molar-refractivity contribution < 1.29 is 4.74 Å². The molecule has 0 aliphatic rings. The van der Waals surface area contributed by atoms with Crippen LogP contribution in [0.1, 0.15) is 31.7 Å². The number of hydrogen-bond donors (Lipinski definition) is 1. The van der Waals surface area contributed by atoms with E-state index in [1.807, 2.05) is 20.0 Å². The van der Waals surface area contributed by atoms with E-state index in [0.717, 1.165) is 29.8 Å². The predicted octanol–water partition coefficient (Wildman–Crippen LogP) is 3.78. The Hall–Kier alpha value is -0.540. The van der Waals surface area contributed by atoms with Gasteiger partial charge in [-0.1, -0.05) is 22.4 Å². The number of aryl methyl sites for hydroxylation is 1. The first kappa shape index (κ1) is 14.5. The van der Waals surface area contributed by atoms with Crippen LogP contribution in [0.4, 0.5) is 0 Å². The summed E-state index contributed by atoms with van der Waals surface area (Å²) in [5, 5.41) is 3.17. The molecular formula is C14H22BrNO. The molecule has 0 aliphatic heterocycles. The summed E-state index contributed by atoms with van der Waals surface area (Å²) in [6.07, 6.45) is 4.82. The second-order valence-electron chi connectivity index (χ2n) is 4.10. The van der Waals surface area contributed by atoms with Gasteiger partial charge in [-0.25, -0.2) is 0 Å². The van der Waals surface area contributed by atoms with Crippen LogP contribution in [0.15, 0.2) is 22.7 Å². The third-order valence-electron chi connectivity index (χ3n) is 2.70. The van der Waals surface area contributed by atoms with Crippen LogP contribution >= 0.6 is 15.9 Å². The molecule has 1 aromatic rings. The van der Waals surface area contributed by atoms with Crippen molar-refractivity contribution in [3.05, 3.63) is 28.2 Å². The van der Waals surface area contributed by atoms with Gasteiger partial charge in [-0.3, -0.25) is 0 Å². The van der Waals surface area contributed by atoms with E-state index in [4.69, 9.17) is 4.74 Å². The molecule has 1 rings (SSSR count). The van der Waals surface area contributed by atoms with Gasteiger partial charge in [-0.15, -0.1) is 0 Å². The Morgan fingerprint density at radius 3 is 2.76 bits per heavy atom. The average molecular weight is 300 g/mol. The molecule has 1 N–H and O–H groups in total. The summed E-state index contributed by atoms with van der Waals surface area (Å²) >= 11 is 3.52. The largest absolute Gasteiger partial charge is 0.494 e. The lowest BCUT2D eigenvalue weighted by atomic mass is 10.1. The average Bonchev–Trinajstić information content (AvgIpc) is 2.32. The molecule has 0 radical (unpaired) electrons. The van der Waals surface area contributed by atoms with Gasteiger partial charge in [-0.2, -0.15) is 0 Å². The molecule has 0 saturated heterocycles. The molecule has 0 heterocycles. The second kappa shape index (κ2) is 8.54. The SMILES string of the molecule is CCOc1ccc(Br)cc1CCCCCNC. The summed E-state index contributed by atoms with van der Waals surface area (Å²) in [5.74, 6) is 1.03. The molecule has 0 aromatic heterocycles. The molecule has 0 saturated carbocycles. The van der Waals surface area contributed by atoms with Gasteiger partial charge >= 0.3 is 0 Å². The summed E-state index contributed by atoms with van der Waals surface area (Å²) in [5.41, 5.74) is 1.31. The molecule has 0 aliphatic carbocycles. The minimum Gasteiger partial charge on any atom is -0.494 e. The van der Waals surface area contributed by atoms with Crippen LogP contribution in [0.3, 0.4) is 0 Å². The van der Waals surface area contributed by atoms with Crippen molar-refractivity contribution in [3.63, 3.8) is 0 Å². The van der Waals surface area contributed by atoms with E-state index in [0.29, 0.717) is 0 Å². The second-order valence-corrected chi connectivity index (χ2v) is 5.01. The lowest BCUT2D eigenvalue weighted by Gasteiger charge is -2.10. The third-order valence-corrected chi connectivity index (χ3v) is 3.19. The minimum absolute atomic E-state index is 0.731. The van der Waals surface area contributed by atoms with Gasteiger partial charge in [-0.05, 0) is 63.5 Å². The van der Waals surface area contributed by atoms with Crippen molar-refractivity contribution in [1.82, 2.24) is 5.32 Å². The molecule has 0 fully saturated rings. The van der Waals surface area contributed by atoms with Gasteiger partial charge in [0.2, 0.25) is 0 Å². The number of rotatable bonds is 8. The fourth-order valence-electron chi connectivity index (χ4n) is 1.83. The molecule has 0 spiro atoms. The fraction of sp³-hybridized carbons (Fsp3) is 0.571. The van der Waals surface area contributed by atoms with Crippen LogP contribution in [0.5, 0.6) is 5.75 Å². The zero-order valence-electron chi connectivity index (χ0n) is 10.8. The van der Waals surface area contributed by atoms with Crippen molar-refractivity contribution in [2.45, 2.75) is 32.6 Å². The Labute approximate surface area is 113 Å². The Balaban J connectivity index is 2.47. The van der Waals surface area contributed by atoms with E-state index in [1.54, 1.807) is 0 Å². The van der Waals surface area contributed by atoms with Crippen molar-refractivity contribution in [2.24, 2.45) is 0 Å². The van der Waals surface area contributed by atoms with E-state index in [1.165, 1.54) is 24.8 Å². The van der Waals surface area contributed by atoms with Gasteiger partial charge in [0.15, 0.2) is 0 Å². The normalized spacial score (nSPS) is 10.5. The Bertz CT molecular complexity index is 328. The summed E-state index contributed by atoms with van der Waals surface area (Å²) in [7, 11) is 2.00. The Kier molecular flexibility index (Phi) is 7.29. The van der Waals surface area contributed by atoms with Gasteiger partial charge in [0, 0.05) is 4.47 Å². The highest BCUT2D eigenvalue weighted by Gasteiger charge is 2.04. The van der Waals surface area contributed by atoms with Gasteiger partial charge in [0.05, 0.1) is 6.61 Å². The molecule has 3 heteroatoms. The van der Waals surface area contributed by atoms with E-state index in [9.17, 15) is 0 Å². The van der Waals surface area contributed by atoms with Crippen LogP contribution in [0.2, 0.25) is 0 Å². The molecule has 1 aromatic carbocycles. The third kappa shape index (κ3) is 5.55. The van der Waals surface area contributed by atoms with Crippen LogP contribution in [0.25, 0.3) is 0 Å². The zero-order valence-corrected chi connectivity index (χ0v) is 12.3. The molecular weight excluding hydrogens is 278 g/mol. The molecule has 17 heavy (non-hydrogen) atoms. The highest BCUT2D eigenvalue weighted by molar-refractivity contribution is 9.10. The van der Waals surface area contributed by atoms with Gasteiger partial charge < -0.3 is 10.1 Å². The highest BCUT2D eigenvalue weighted by Crippen LogP contribution is 2.25. The first-order valence-electron chi connectivity index (χ1n) is 6.33. The lowest BCUT2D eigenvalue weighted by molar-refractivity contribution is 0.336. The first-order valence-corrected chi connectivity index (χ1v) is 7.13. The number of unbranched alkanes of at least 4 members (excludes halogenated alkanes) is 2. The number of benzene rings is 1. The molecule has 0 unspecified atom stereocenters. The maximum atomic E-state index is 5.64.